The second-order valence-electron chi connectivity index (χ2n) is 2.89. The fourth-order valence-corrected chi connectivity index (χ4v) is 1.53. The molecule has 4 nitrogen and oxygen atoms in total. The Morgan fingerprint density at radius 3 is 2.40 bits per heavy atom. The van der Waals surface area contributed by atoms with Crippen LogP contribution in [0.1, 0.15) is 6.42 Å². The number of nitrogens with one attached hydrogen (secondary N) is 1. The molecule has 90 valence electrons. The second kappa shape index (κ2) is 5.64. The summed E-state index contributed by atoms with van der Waals surface area (Å²) in [6.45, 7) is 0.0464. The van der Waals surface area contributed by atoms with Gasteiger partial charge in [-0.15, -0.1) is 0 Å². The van der Waals surface area contributed by atoms with Gasteiger partial charge in [-0.2, -0.15) is 20.5 Å². The molecule has 0 spiro atoms. The third-order valence-electron chi connectivity index (χ3n) is 1.54. The van der Waals surface area contributed by atoms with Gasteiger partial charge in [0.25, 0.3) is 0 Å². The van der Waals surface area contributed by atoms with Crippen LogP contribution in [0.15, 0.2) is 0 Å². The predicted octanol–water partition coefficient (Wildman–Crippen LogP) is 0.493. The molecule has 0 atom stereocenters. The Labute approximate surface area is 91.7 Å². The SMILES string of the molecule is CSCCCNC(=O)C(F)(F)S(C)(=O)=O. The number of halogens is 2. The van der Waals surface area contributed by atoms with Crippen molar-refractivity contribution in [2.24, 2.45) is 0 Å². The van der Waals surface area contributed by atoms with Crippen LogP contribution >= 0.6 is 11.8 Å². The third-order valence-corrected chi connectivity index (χ3v) is 3.35. The molecule has 0 fully saturated rings. The zero-order valence-corrected chi connectivity index (χ0v) is 10.1. The van der Waals surface area contributed by atoms with Crippen molar-refractivity contribution in [1.82, 2.24) is 5.32 Å². The third kappa shape index (κ3) is 4.33. The highest BCUT2D eigenvalue weighted by atomic mass is 32.2. The van der Waals surface area contributed by atoms with Crippen LogP contribution in [0.25, 0.3) is 0 Å². The van der Waals surface area contributed by atoms with E-state index >= 15 is 0 Å². The summed E-state index contributed by atoms with van der Waals surface area (Å²) in [5, 5.41) is -2.46. The van der Waals surface area contributed by atoms with Gasteiger partial charge in [0, 0.05) is 12.8 Å². The molecule has 0 heterocycles. The quantitative estimate of drug-likeness (QED) is 0.707. The molecule has 0 aromatic carbocycles. The van der Waals surface area contributed by atoms with Gasteiger partial charge in [-0.3, -0.25) is 4.79 Å². The first-order chi connectivity index (χ1) is 6.73. The molecule has 0 radical (unpaired) electrons. The van der Waals surface area contributed by atoms with Crippen molar-refractivity contribution in [3.63, 3.8) is 0 Å². The first kappa shape index (κ1) is 14.6. The van der Waals surface area contributed by atoms with Crippen molar-refractivity contribution in [1.29, 1.82) is 0 Å². The van der Waals surface area contributed by atoms with Crippen LogP contribution in [0.3, 0.4) is 0 Å². The molecule has 15 heavy (non-hydrogen) atoms. The van der Waals surface area contributed by atoms with Gasteiger partial charge in [-0.25, -0.2) is 8.42 Å². The highest BCUT2D eigenvalue weighted by molar-refractivity contribution is 7.98. The van der Waals surface area contributed by atoms with Gasteiger partial charge in [0.15, 0.2) is 0 Å². The number of hydrogen-bond donors (Lipinski definition) is 1. The minimum Gasteiger partial charge on any atom is -0.350 e. The summed E-state index contributed by atoms with van der Waals surface area (Å²) in [4.78, 5) is 10.8. The molecular weight excluding hydrogens is 248 g/mol. The minimum absolute atomic E-state index is 0.0464. The lowest BCUT2D eigenvalue weighted by molar-refractivity contribution is -0.135. The van der Waals surface area contributed by atoms with Crippen LogP contribution in [0.4, 0.5) is 8.78 Å². The van der Waals surface area contributed by atoms with Gasteiger partial charge >= 0.3 is 11.2 Å². The number of amides is 1. The van der Waals surface area contributed by atoms with Crippen molar-refractivity contribution in [3.05, 3.63) is 0 Å². The highest BCUT2D eigenvalue weighted by Crippen LogP contribution is 2.20. The van der Waals surface area contributed by atoms with E-state index in [0.717, 1.165) is 0 Å². The number of hydrogen-bond acceptors (Lipinski definition) is 4. The molecule has 0 aromatic heterocycles. The summed E-state index contributed by atoms with van der Waals surface area (Å²) in [5.74, 6) is -1.05. The van der Waals surface area contributed by atoms with Crippen molar-refractivity contribution >= 4 is 27.5 Å². The zero-order chi connectivity index (χ0) is 12.1. The summed E-state index contributed by atoms with van der Waals surface area (Å²) >= 11 is 1.51. The Morgan fingerprint density at radius 1 is 1.47 bits per heavy atom. The lowest BCUT2D eigenvalue weighted by Crippen LogP contribution is -2.45. The van der Waals surface area contributed by atoms with Crippen molar-refractivity contribution in [2.45, 2.75) is 11.7 Å². The maximum atomic E-state index is 12.8. The standard InChI is InChI=1S/C7H13F2NO3S2/c1-14-5-3-4-10-6(11)7(8,9)15(2,12)13/h3-5H2,1-2H3,(H,10,11). The number of carbonyl (C=O) groups excluding carboxylic acids is 1. The molecule has 0 bridgehead atoms. The lowest BCUT2D eigenvalue weighted by atomic mass is 10.4. The molecule has 1 N–H and O–H groups in total. The first-order valence-electron chi connectivity index (χ1n) is 4.08. The van der Waals surface area contributed by atoms with Gasteiger partial charge in [-0.05, 0) is 18.4 Å². The summed E-state index contributed by atoms with van der Waals surface area (Å²) in [6, 6.07) is 0. The highest BCUT2D eigenvalue weighted by Gasteiger charge is 2.49. The molecular formula is C7H13F2NO3S2. The number of carbonyl (C=O) groups is 1. The van der Waals surface area contributed by atoms with Crippen LogP contribution in [-0.2, 0) is 14.6 Å². The van der Waals surface area contributed by atoms with Gasteiger partial charge in [0.2, 0.25) is 9.84 Å². The average molecular weight is 261 g/mol. The largest absolute Gasteiger partial charge is 0.421 e. The first-order valence-corrected chi connectivity index (χ1v) is 7.36. The van der Waals surface area contributed by atoms with E-state index in [2.05, 4.69) is 0 Å². The Kier molecular flexibility index (Phi) is 5.50. The Morgan fingerprint density at radius 2 is 2.00 bits per heavy atom. The number of thioether (sulfide) groups is 1. The van der Waals surface area contributed by atoms with Crippen molar-refractivity contribution in [3.8, 4) is 0 Å². The monoisotopic (exact) mass is 261 g/mol. The molecule has 0 aromatic rings. The van der Waals surface area contributed by atoms with Crippen LogP contribution in [-0.4, -0.2) is 44.4 Å². The molecule has 0 aliphatic carbocycles. The lowest BCUT2D eigenvalue weighted by Gasteiger charge is -2.13. The molecule has 0 aliphatic rings. The van der Waals surface area contributed by atoms with Crippen LogP contribution in [0.5, 0.6) is 0 Å². The number of sulfone groups is 1. The molecule has 1 amide bonds. The number of alkyl halides is 2. The van der Waals surface area contributed by atoms with Gasteiger partial charge in [0.1, 0.15) is 0 Å². The molecule has 0 aliphatic heterocycles. The van der Waals surface area contributed by atoms with E-state index in [4.69, 9.17) is 0 Å². The van der Waals surface area contributed by atoms with E-state index in [1.165, 1.54) is 11.8 Å². The molecule has 0 saturated carbocycles. The zero-order valence-electron chi connectivity index (χ0n) is 8.42. The second-order valence-corrected chi connectivity index (χ2v) is 5.93. The van der Waals surface area contributed by atoms with E-state index in [1.54, 1.807) is 0 Å². The molecule has 8 heteroatoms. The fraction of sp³-hybridized carbons (Fsp3) is 0.857. The molecule has 0 saturated heterocycles. The van der Waals surface area contributed by atoms with Crippen LogP contribution < -0.4 is 5.32 Å². The average Bonchev–Trinajstić information content (AvgIpc) is 2.10. The van der Waals surface area contributed by atoms with Crippen LogP contribution in [0, 0.1) is 0 Å². The fourth-order valence-electron chi connectivity index (χ4n) is 0.690. The minimum atomic E-state index is -4.69. The summed E-state index contributed by atoms with van der Waals surface area (Å²) in [7, 11) is -4.69. The Bertz CT molecular complexity index is 316. The topological polar surface area (TPSA) is 63.2 Å². The van der Waals surface area contributed by atoms with Gasteiger partial charge in [0.05, 0.1) is 0 Å². The van der Waals surface area contributed by atoms with E-state index in [9.17, 15) is 22.0 Å². The maximum absolute atomic E-state index is 12.8. The molecule has 0 unspecified atom stereocenters. The van der Waals surface area contributed by atoms with E-state index in [-0.39, 0.29) is 6.54 Å². The van der Waals surface area contributed by atoms with Gasteiger partial charge < -0.3 is 5.32 Å². The van der Waals surface area contributed by atoms with Crippen LogP contribution in [0.2, 0.25) is 0 Å². The van der Waals surface area contributed by atoms with Gasteiger partial charge in [-0.1, -0.05) is 0 Å². The van der Waals surface area contributed by atoms with E-state index < -0.39 is 21.0 Å². The van der Waals surface area contributed by atoms with E-state index in [1.807, 2.05) is 11.6 Å². The summed E-state index contributed by atoms with van der Waals surface area (Å²) < 4.78 is 46.8. The van der Waals surface area contributed by atoms with Crippen molar-refractivity contribution < 1.29 is 22.0 Å². The molecule has 0 rings (SSSR count). The van der Waals surface area contributed by atoms with Crippen molar-refractivity contribution in [2.75, 3.05) is 24.8 Å². The Hall–Kier alpha value is -0.370. The maximum Gasteiger partial charge on any atom is 0.421 e. The Balaban J connectivity index is 4.22. The predicted molar refractivity (Wildman–Crippen MR) is 55.8 cm³/mol. The normalized spacial score (nSPS) is 12.5. The number of rotatable bonds is 6. The summed E-state index contributed by atoms with van der Waals surface area (Å²) in [6.07, 6.45) is 2.69. The van der Waals surface area contributed by atoms with E-state index in [0.29, 0.717) is 18.4 Å². The summed E-state index contributed by atoms with van der Waals surface area (Å²) in [5.41, 5.74) is 0. The smallest absolute Gasteiger partial charge is 0.350 e.